The van der Waals surface area contributed by atoms with Crippen LogP contribution >= 0.6 is 0 Å². The van der Waals surface area contributed by atoms with Crippen LogP contribution in [0.1, 0.15) is 0 Å². The molecule has 0 amide bonds. The van der Waals surface area contributed by atoms with Gasteiger partial charge in [0, 0.05) is 0 Å². The summed E-state index contributed by atoms with van der Waals surface area (Å²) in [7, 11) is 0. The van der Waals surface area contributed by atoms with Crippen molar-refractivity contribution in [3.8, 4) is 24.7 Å². The summed E-state index contributed by atoms with van der Waals surface area (Å²) in [6.45, 7) is 0. The van der Waals surface area contributed by atoms with Crippen molar-refractivity contribution >= 4 is 0 Å². The quantitative estimate of drug-likeness (QED) is 0.303. The molecule has 1 heterocycles. The van der Waals surface area contributed by atoms with Gasteiger partial charge in [-0.3, -0.25) is 0 Å². The normalized spacial score (nSPS) is 35.7. The van der Waals surface area contributed by atoms with Crippen LogP contribution in [0.4, 0.5) is 0 Å². The van der Waals surface area contributed by atoms with Gasteiger partial charge >= 0.3 is 0 Å². The first-order valence-electron chi connectivity index (χ1n) is 1.96. The molecule has 1 heteroatoms. The van der Waals surface area contributed by atoms with Crippen LogP contribution in [0.15, 0.2) is 0 Å². The first kappa shape index (κ1) is 4.24. The van der Waals surface area contributed by atoms with Crippen LogP contribution in [0.5, 0.6) is 0 Å². The Morgan fingerprint density at radius 1 is 1.14 bits per heavy atom. The Kier molecular flexibility index (Phi) is 0.785. The van der Waals surface area contributed by atoms with E-state index in [2.05, 4.69) is 11.8 Å². The van der Waals surface area contributed by atoms with Gasteiger partial charge in [-0.05, 0) is 0 Å². The molecule has 0 aromatic heterocycles. The molecule has 0 aliphatic carbocycles. The molecule has 1 aliphatic rings. The van der Waals surface area contributed by atoms with Gasteiger partial charge < -0.3 is 4.74 Å². The maximum Gasteiger partial charge on any atom is 0.157 e. The zero-order valence-corrected chi connectivity index (χ0v) is 3.72. The van der Waals surface area contributed by atoms with Crippen molar-refractivity contribution < 1.29 is 4.74 Å². The molecule has 7 heavy (non-hydrogen) atoms. The molecule has 1 rings (SSSR count). The van der Waals surface area contributed by atoms with Crippen molar-refractivity contribution in [3.63, 3.8) is 0 Å². The van der Waals surface area contributed by atoms with E-state index in [1.807, 2.05) is 0 Å². The highest BCUT2D eigenvalue weighted by molar-refractivity contribution is 5.19. The maximum atomic E-state index is 4.93. The molecule has 0 unspecified atom stereocenters. The molecule has 0 bridgehead atoms. The third-order valence-corrected chi connectivity index (χ3v) is 0.820. The molecular weight excluding hydrogens is 88.1 g/mol. The summed E-state index contributed by atoms with van der Waals surface area (Å²) in [5, 5.41) is 0. The molecular formula is C6H4O. The topological polar surface area (TPSA) is 12.5 Å². The fourth-order valence-corrected chi connectivity index (χ4v) is 0.366. The van der Waals surface area contributed by atoms with Gasteiger partial charge in [0.2, 0.25) is 0 Å². The molecule has 1 nitrogen and oxygen atoms in total. The lowest BCUT2D eigenvalue weighted by Crippen LogP contribution is -1.82. The lowest BCUT2D eigenvalue weighted by Gasteiger charge is -1.61. The van der Waals surface area contributed by atoms with E-state index in [0.717, 1.165) is 0 Å². The smallest absolute Gasteiger partial charge is 0.157 e. The Bertz CT molecular complexity index is 129. The third kappa shape index (κ3) is 0.585. The summed E-state index contributed by atoms with van der Waals surface area (Å²) in [6.07, 6.45) is 9.67. The lowest BCUT2D eigenvalue weighted by molar-refractivity contribution is 0.421. The third-order valence-electron chi connectivity index (χ3n) is 0.820. The molecule has 34 valence electrons. The average molecular weight is 92.1 g/mol. The van der Waals surface area contributed by atoms with Gasteiger partial charge in [0.25, 0.3) is 0 Å². The van der Waals surface area contributed by atoms with E-state index in [0.29, 0.717) is 0 Å². The van der Waals surface area contributed by atoms with Crippen LogP contribution in [0.3, 0.4) is 0 Å². The summed E-state index contributed by atoms with van der Waals surface area (Å²) in [6, 6.07) is 0. The summed E-state index contributed by atoms with van der Waals surface area (Å²) in [4.78, 5) is 0. The molecule has 1 fully saturated rings. The highest BCUT2D eigenvalue weighted by Crippen LogP contribution is 2.18. The Morgan fingerprint density at radius 3 is 1.71 bits per heavy atom. The standard InChI is InChI=1S/C6H4O/c1-3-5-6(4-2)7-5/h1-2,5-6H/t5-,6-/m0/s1. The summed E-state index contributed by atoms with van der Waals surface area (Å²) >= 11 is 0. The number of epoxide rings is 1. The highest BCUT2D eigenvalue weighted by atomic mass is 16.6. The van der Waals surface area contributed by atoms with Gasteiger partial charge in [0.1, 0.15) is 0 Å². The Labute approximate surface area is 42.7 Å². The average Bonchev–Trinajstić information content (AvgIpc) is 2.43. The molecule has 0 spiro atoms. The fraction of sp³-hybridized carbons (Fsp3) is 0.333. The zero-order chi connectivity index (χ0) is 5.28. The van der Waals surface area contributed by atoms with Gasteiger partial charge in [-0.1, -0.05) is 11.8 Å². The number of hydrogen-bond donors (Lipinski definition) is 0. The van der Waals surface area contributed by atoms with Crippen molar-refractivity contribution in [2.24, 2.45) is 0 Å². The predicted molar refractivity (Wildman–Crippen MR) is 26.3 cm³/mol. The largest absolute Gasteiger partial charge is 0.342 e. The van der Waals surface area contributed by atoms with E-state index in [9.17, 15) is 0 Å². The van der Waals surface area contributed by atoms with Gasteiger partial charge in [0.05, 0.1) is 0 Å². The van der Waals surface area contributed by atoms with Gasteiger partial charge in [-0.25, -0.2) is 0 Å². The summed E-state index contributed by atoms with van der Waals surface area (Å²) in [5.41, 5.74) is 0. The minimum atomic E-state index is -0.0926. The van der Waals surface area contributed by atoms with E-state index in [1.54, 1.807) is 0 Å². The fourth-order valence-electron chi connectivity index (χ4n) is 0.366. The van der Waals surface area contributed by atoms with Crippen LogP contribution in [0, 0.1) is 24.7 Å². The Hall–Kier alpha value is -0.920. The van der Waals surface area contributed by atoms with Crippen LogP contribution in [-0.2, 0) is 4.74 Å². The van der Waals surface area contributed by atoms with Crippen LogP contribution in [-0.4, -0.2) is 12.2 Å². The number of ether oxygens (including phenoxy) is 1. The van der Waals surface area contributed by atoms with Crippen molar-refractivity contribution in [2.45, 2.75) is 12.2 Å². The van der Waals surface area contributed by atoms with Crippen molar-refractivity contribution in [3.05, 3.63) is 0 Å². The maximum absolute atomic E-state index is 4.93. The second-order valence-corrected chi connectivity index (χ2v) is 1.31. The van der Waals surface area contributed by atoms with E-state index in [4.69, 9.17) is 17.6 Å². The second-order valence-electron chi connectivity index (χ2n) is 1.31. The van der Waals surface area contributed by atoms with E-state index >= 15 is 0 Å². The van der Waals surface area contributed by atoms with Crippen LogP contribution in [0.2, 0.25) is 0 Å². The molecule has 1 aliphatic heterocycles. The zero-order valence-electron chi connectivity index (χ0n) is 3.72. The first-order chi connectivity index (χ1) is 3.38. The molecule has 0 radical (unpaired) electrons. The Morgan fingerprint density at radius 2 is 1.57 bits per heavy atom. The molecule has 0 aromatic rings. The van der Waals surface area contributed by atoms with E-state index in [1.165, 1.54) is 0 Å². The summed E-state index contributed by atoms with van der Waals surface area (Å²) in [5.74, 6) is 4.75. The number of terminal acetylenes is 2. The number of hydrogen-bond acceptors (Lipinski definition) is 1. The van der Waals surface area contributed by atoms with E-state index < -0.39 is 0 Å². The van der Waals surface area contributed by atoms with Crippen LogP contribution < -0.4 is 0 Å². The van der Waals surface area contributed by atoms with Gasteiger partial charge in [0.15, 0.2) is 12.2 Å². The molecule has 0 saturated carbocycles. The lowest BCUT2D eigenvalue weighted by atomic mass is 10.3. The molecule has 1 saturated heterocycles. The van der Waals surface area contributed by atoms with Crippen LogP contribution in [0.25, 0.3) is 0 Å². The SMILES string of the molecule is C#C[C@@H]1O[C@H]1C#C. The second kappa shape index (κ2) is 1.30. The monoisotopic (exact) mass is 92.0 g/mol. The summed E-state index contributed by atoms with van der Waals surface area (Å²) < 4.78 is 4.74. The van der Waals surface area contributed by atoms with Crippen molar-refractivity contribution in [1.29, 1.82) is 0 Å². The number of rotatable bonds is 0. The Balaban J connectivity index is 2.39. The first-order valence-corrected chi connectivity index (χ1v) is 1.96. The highest BCUT2D eigenvalue weighted by Gasteiger charge is 2.34. The van der Waals surface area contributed by atoms with Crippen molar-refractivity contribution in [1.82, 2.24) is 0 Å². The molecule has 0 aromatic carbocycles. The van der Waals surface area contributed by atoms with Gasteiger partial charge in [-0.15, -0.1) is 12.8 Å². The molecule has 2 atom stereocenters. The van der Waals surface area contributed by atoms with Gasteiger partial charge in [-0.2, -0.15) is 0 Å². The predicted octanol–water partition coefficient (Wildman–Crippen LogP) is 0.0202. The van der Waals surface area contributed by atoms with E-state index in [-0.39, 0.29) is 12.2 Å². The minimum Gasteiger partial charge on any atom is -0.342 e. The van der Waals surface area contributed by atoms with Crippen molar-refractivity contribution in [2.75, 3.05) is 0 Å². The molecule has 0 N–H and O–H groups in total. The minimum absolute atomic E-state index is 0.0926.